The summed E-state index contributed by atoms with van der Waals surface area (Å²) in [5.74, 6) is -1.96. The van der Waals surface area contributed by atoms with Gasteiger partial charge in [0.1, 0.15) is 6.54 Å². The SMILES string of the molecule is CC(CCl)COc1cc(C(=O)NCC(F)(F)F)c(Cl)cc1F. The molecule has 0 saturated heterocycles. The first-order valence-corrected chi connectivity index (χ1v) is 7.08. The van der Waals surface area contributed by atoms with Crippen molar-refractivity contribution in [1.82, 2.24) is 5.32 Å². The molecular weight excluding hydrogens is 349 g/mol. The second kappa shape index (κ2) is 7.87. The molecule has 3 nitrogen and oxygen atoms in total. The van der Waals surface area contributed by atoms with Gasteiger partial charge in [0.2, 0.25) is 0 Å². The van der Waals surface area contributed by atoms with E-state index in [-0.39, 0.29) is 34.7 Å². The summed E-state index contributed by atoms with van der Waals surface area (Å²) in [4.78, 5) is 11.7. The second-order valence-electron chi connectivity index (χ2n) is 4.63. The van der Waals surface area contributed by atoms with Crippen molar-refractivity contribution in [2.75, 3.05) is 19.0 Å². The quantitative estimate of drug-likeness (QED) is 0.613. The summed E-state index contributed by atoms with van der Waals surface area (Å²) in [6.45, 7) is 0.336. The molecule has 0 aliphatic rings. The van der Waals surface area contributed by atoms with Gasteiger partial charge in [-0.2, -0.15) is 13.2 Å². The maximum atomic E-state index is 13.7. The van der Waals surface area contributed by atoms with E-state index in [9.17, 15) is 22.4 Å². The molecule has 0 heterocycles. The summed E-state index contributed by atoms with van der Waals surface area (Å²) >= 11 is 11.3. The van der Waals surface area contributed by atoms with Crippen LogP contribution in [0.4, 0.5) is 17.6 Å². The number of amides is 1. The van der Waals surface area contributed by atoms with Crippen molar-refractivity contribution >= 4 is 29.1 Å². The van der Waals surface area contributed by atoms with E-state index in [2.05, 4.69) is 0 Å². The van der Waals surface area contributed by atoms with Crippen molar-refractivity contribution in [2.24, 2.45) is 5.92 Å². The van der Waals surface area contributed by atoms with Crippen LogP contribution in [0.3, 0.4) is 0 Å². The van der Waals surface area contributed by atoms with Crippen molar-refractivity contribution in [3.63, 3.8) is 0 Å². The fourth-order valence-corrected chi connectivity index (χ4v) is 1.69. The van der Waals surface area contributed by atoms with Crippen LogP contribution in [0.1, 0.15) is 17.3 Å². The Morgan fingerprint density at radius 1 is 1.41 bits per heavy atom. The van der Waals surface area contributed by atoms with Crippen LogP contribution in [0.25, 0.3) is 0 Å². The van der Waals surface area contributed by atoms with Gasteiger partial charge in [-0.15, -0.1) is 11.6 Å². The Morgan fingerprint density at radius 3 is 2.59 bits per heavy atom. The molecule has 22 heavy (non-hydrogen) atoms. The maximum absolute atomic E-state index is 13.7. The molecule has 9 heteroatoms. The van der Waals surface area contributed by atoms with Gasteiger partial charge in [0.25, 0.3) is 5.91 Å². The number of hydrogen-bond donors (Lipinski definition) is 1. The summed E-state index contributed by atoms with van der Waals surface area (Å²) in [5.41, 5.74) is -0.305. The van der Waals surface area contributed by atoms with Gasteiger partial charge in [-0.25, -0.2) is 4.39 Å². The van der Waals surface area contributed by atoms with Crippen molar-refractivity contribution in [1.29, 1.82) is 0 Å². The Hall–Kier alpha value is -1.21. The van der Waals surface area contributed by atoms with Crippen LogP contribution in [-0.4, -0.2) is 31.1 Å². The minimum Gasteiger partial charge on any atom is -0.490 e. The fourth-order valence-electron chi connectivity index (χ4n) is 1.37. The molecule has 1 unspecified atom stereocenters. The van der Waals surface area contributed by atoms with Crippen LogP contribution in [0, 0.1) is 11.7 Å². The van der Waals surface area contributed by atoms with Crippen molar-refractivity contribution < 1.29 is 27.1 Å². The van der Waals surface area contributed by atoms with Crippen LogP contribution < -0.4 is 10.1 Å². The molecule has 1 atom stereocenters. The number of nitrogens with one attached hydrogen (secondary N) is 1. The van der Waals surface area contributed by atoms with Gasteiger partial charge in [-0.3, -0.25) is 4.79 Å². The van der Waals surface area contributed by atoms with E-state index in [4.69, 9.17) is 27.9 Å². The third-order valence-electron chi connectivity index (χ3n) is 2.50. The first-order chi connectivity index (χ1) is 10.1. The van der Waals surface area contributed by atoms with E-state index in [1.165, 1.54) is 0 Å². The van der Waals surface area contributed by atoms with E-state index >= 15 is 0 Å². The standard InChI is InChI=1S/C13H13Cl2F4NO2/c1-7(4-14)5-22-11-2-8(9(15)3-10(11)16)12(21)20-6-13(17,18)19/h2-3,7H,4-6H2,1H3,(H,20,21). The molecule has 124 valence electrons. The second-order valence-corrected chi connectivity index (χ2v) is 5.35. The summed E-state index contributed by atoms with van der Waals surface area (Å²) in [6, 6.07) is 1.77. The summed E-state index contributed by atoms with van der Waals surface area (Å²) < 4.78 is 55.1. The predicted octanol–water partition coefficient (Wildman–Crippen LogP) is 4.02. The highest BCUT2D eigenvalue weighted by molar-refractivity contribution is 6.33. The van der Waals surface area contributed by atoms with E-state index in [0.29, 0.717) is 0 Å². The molecule has 0 bridgehead atoms. The Morgan fingerprint density at radius 2 is 2.05 bits per heavy atom. The van der Waals surface area contributed by atoms with Gasteiger partial charge < -0.3 is 10.1 Å². The third-order valence-corrected chi connectivity index (χ3v) is 3.34. The Kier molecular flexibility index (Phi) is 6.74. The lowest BCUT2D eigenvalue weighted by atomic mass is 10.2. The molecule has 0 spiro atoms. The Balaban J connectivity index is 2.88. The zero-order valence-corrected chi connectivity index (χ0v) is 12.9. The van der Waals surface area contributed by atoms with Gasteiger partial charge in [0.15, 0.2) is 11.6 Å². The number of benzene rings is 1. The largest absolute Gasteiger partial charge is 0.490 e. The minimum atomic E-state index is -4.56. The lowest BCUT2D eigenvalue weighted by molar-refractivity contribution is -0.123. The fraction of sp³-hybridized carbons (Fsp3) is 0.462. The van der Waals surface area contributed by atoms with Crippen LogP contribution in [-0.2, 0) is 0 Å². The molecule has 1 aromatic carbocycles. The average Bonchev–Trinajstić information content (AvgIpc) is 2.42. The number of carbonyl (C=O) groups excluding carboxylic acids is 1. The first kappa shape index (κ1) is 18.8. The molecule has 0 aliphatic carbocycles. The highest BCUT2D eigenvalue weighted by atomic mass is 35.5. The highest BCUT2D eigenvalue weighted by Gasteiger charge is 2.28. The Bertz CT molecular complexity index is 538. The van der Waals surface area contributed by atoms with Crippen molar-refractivity contribution in [3.8, 4) is 5.75 Å². The molecule has 1 aromatic rings. The summed E-state index contributed by atoms with van der Waals surface area (Å²) in [5, 5.41) is 1.34. The minimum absolute atomic E-state index is 0.0701. The summed E-state index contributed by atoms with van der Waals surface area (Å²) in [6.07, 6.45) is -4.56. The zero-order chi connectivity index (χ0) is 16.9. The number of halogens is 6. The van der Waals surface area contributed by atoms with E-state index in [1.807, 2.05) is 0 Å². The molecule has 1 rings (SSSR count). The van der Waals surface area contributed by atoms with Crippen molar-refractivity contribution in [2.45, 2.75) is 13.1 Å². The molecule has 0 fully saturated rings. The zero-order valence-electron chi connectivity index (χ0n) is 11.4. The van der Waals surface area contributed by atoms with Gasteiger partial charge in [-0.05, 0) is 12.1 Å². The smallest absolute Gasteiger partial charge is 0.405 e. The van der Waals surface area contributed by atoms with Gasteiger partial charge in [0, 0.05) is 11.8 Å². The number of alkyl halides is 4. The molecule has 0 radical (unpaired) electrons. The van der Waals surface area contributed by atoms with Crippen LogP contribution >= 0.6 is 23.2 Å². The topological polar surface area (TPSA) is 38.3 Å². The van der Waals surface area contributed by atoms with Crippen LogP contribution in [0.2, 0.25) is 5.02 Å². The van der Waals surface area contributed by atoms with E-state index in [1.54, 1.807) is 12.2 Å². The molecule has 0 aromatic heterocycles. The molecule has 0 saturated carbocycles. The molecular formula is C13H13Cl2F4NO2. The normalized spacial score (nSPS) is 12.9. The van der Waals surface area contributed by atoms with Gasteiger partial charge in [0.05, 0.1) is 17.2 Å². The van der Waals surface area contributed by atoms with Gasteiger partial charge >= 0.3 is 6.18 Å². The number of hydrogen-bond acceptors (Lipinski definition) is 2. The monoisotopic (exact) mass is 361 g/mol. The van der Waals surface area contributed by atoms with Gasteiger partial charge in [-0.1, -0.05) is 18.5 Å². The van der Waals surface area contributed by atoms with Crippen LogP contribution in [0.5, 0.6) is 5.75 Å². The Labute approximate surface area is 134 Å². The maximum Gasteiger partial charge on any atom is 0.405 e. The predicted molar refractivity (Wildman–Crippen MR) is 75.2 cm³/mol. The highest BCUT2D eigenvalue weighted by Crippen LogP contribution is 2.27. The lowest BCUT2D eigenvalue weighted by Gasteiger charge is -2.14. The molecule has 1 N–H and O–H groups in total. The number of carbonyl (C=O) groups is 1. The molecule has 1 amide bonds. The summed E-state index contributed by atoms with van der Waals surface area (Å²) in [7, 11) is 0. The van der Waals surface area contributed by atoms with Crippen LogP contribution in [0.15, 0.2) is 12.1 Å². The average molecular weight is 362 g/mol. The number of rotatable bonds is 6. The van der Waals surface area contributed by atoms with E-state index < -0.39 is 24.4 Å². The third kappa shape index (κ3) is 5.88. The molecule has 0 aliphatic heterocycles. The van der Waals surface area contributed by atoms with Crippen molar-refractivity contribution in [3.05, 3.63) is 28.5 Å². The van der Waals surface area contributed by atoms with E-state index in [0.717, 1.165) is 12.1 Å². The first-order valence-electron chi connectivity index (χ1n) is 6.16. The lowest BCUT2D eigenvalue weighted by Crippen LogP contribution is -2.33. The number of ether oxygens (including phenoxy) is 1.